The van der Waals surface area contributed by atoms with Crippen molar-refractivity contribution in [3.63, 3.8) is 0 Å². The molecule has 0 saturated heterocycles. The van der Waals surface area contributed by atoms with Gasteiger partial charge in [0.1, 0.15) is 24.2 Å². The molecule has 1 aromatic carbocycles. The lowest BCUT2D eigenvalue weighted by molar-refractivity contribution is 0.176. The van der Waals surface area contributed by atoms with Crippen LogP contribution in [0.15, 0.2) is 46.9 Å². The molecule has 78 valence electrons. The third-order valence-electron chi connectivity index (χ3n) is 2.22. The van der Waals surface area contributed by atoms with E-state index in [1.54, 1.807) is 12.1 Å². The Morgan fingerprint density at radius 1 is 1.07 bits per heavy atom. The second-order valence-corrected chi connectivity index (χ2v) is 3.28. The minimum absolute atomic E-state index is 0.151. The minimum atomic E-state index is -0.772. The van der Waals surface area contributed by atoms with Crippen LogP contribution in [0.3, 0.4) is 0 Å². The summed E-state index contributed by atoms with van der Waals surface area (Å²) in [5, 5.41) is 18.8. The molecule has 1 unspecified atom stereocenters. The van der Waals surface area contributed by atoms with Crippen molar-refractivity contribution in [1.29, 1.82) is 0 Å². The molecular formula is C12H12O3. The van der Waals surface area contributed by atoms with Crippen molar-refractivity contribution in [2.24, 2.45) is 0 Å². The molecule has 0 spiro atoms. The fourth-order valence-electron chi connectivity index (χ4n) is 1.43. The van der Waals surface area contributed by atoms with E-state index < -0.39 is 6.10 Å². The first-order valence-electron chi connectivity index (χ1n) is 4.73. The van der Waals surface area contributed by atoms with E-state index in [1.165, 1.54) is 0 Å². The van der Waals surface area contributed by atoms with E-state index in [2.05, 4.69) is 0 Å². The molecule has 1 heterocycles. The summed E-state index contributed by atoms with van der Waals surface area (Å²) in [5.74, 6) is 0.908. The second kappa shape index (κ2) is 4.29. The molecule has 0 amide bonds. The summed E-state index contributed by atoms with van der Waals surface area (Å²) in [5.41, 5.74) is 0.774. The minimum Gasteiger partial charge on any atom is -0.460 e. The molecular weight excluding hydrogens is 192 g/mol. The average Bonchev–Trinajstić information content (AvgIpc) is 2.78. The maximum atomic E-state index is 9.93. The number of aliphatic hydroxyl groups is 2. The van der Waals surface area contributed by atoms with Gasteiger partial charge in [0.15, 0.2) is 0 Å². The molecule has 0 aliphatic rings. The van der Waals surface area contributed by atoms with E-state index in [4.69, 9.17) is 9.52 Å². The van der Waals surface area contributed by atoms with Gasteiger partial charge in [0.05, 0.1) is 0 Å². The number of hydrogen-bond donors (Lipinski definition) is 2. The van der Waals surface area contributed by atoms with Crippen LogP contribution in [0, 0.1) is 0 Å². The molecule has 0 saturated carbocycles. The highest BCUT2D eigenvalue weighted by Crippen LogP contribution is 2.23. The Morgan fingerprint density at radius 2 is 1.80 bits per heavy atom. The number of rotatable bonds is 3. The number of hydrogen-bond acceptors (Lipinski definition) is 3. The largest absolute Gasteiger partial charge is 0.460 e. The molecule has 3 heteroatoms. The summed E-state index contributed by atoms with van der Waals surface area (Å²) in [4.78, 5) is 0. The predicted molar refractivity (Wildman–Crippen MR) is 55.1 cm³/mol. The third kappa shape index (κ3) is 2.09. The van der Waals surface area contributed by atoms with Crippen LogP contribution in [0.1, 0.15) is 23.2 Å². The van der Waals surface area contributed by atoms with Crippen molar-refractivity contribution in [3.05, 3.63) is 59.5 Å². The van der Waals surface area contributed by atoms with Crippen molar-refractivity contribution in [3.8, 4) is 0 Å². The standard InChI is InChI=1S/C12H12O3/c13-8-10-6-7-11(15-10)12(14)9-4-2-1-3-5-9/h1-7,12-14H,8H2. The van der Waals surface area contributed by atoms with Gasteiger partial charge in [-0.1, -0.05) is 30.3 Å². The van der Waals surface area contributed by atoms with E-state index >= 15 is 0 Å². The second-order valence-electron chi connectivity index (χ2n) is 3.28. The highest BCUT2D eigenvalue weighted by molar-refractivity contribution is 5.24. The van der Waals surface area contributed by atoms with Gasteiger partial charge < -0.3 is 14.6 Å². The van der Waals surface area contributed by atoms with Crippen LogP contribution < -0.4 is 0 Å². The van der Waals surface area contributed by atoms with Crippen molar-refractivity contribution < 1.29 is 14.6 Å². The molecule has 0 radical (unpaired) electrons. The van der Waals surface area contributed by atoms with Crippen LogP contribution in [0.25, 0.3) is 0 Å². The molecule has 3 nitrogen and oxygen atoms in total. The van der Waals surface area contributed by atoms with Crippen LogP contribution in [0.5, 0.6) is 0 Å². The summed E-state index contributed by atoms with van der Waals surface area (Å²) < 4.78 is 5.25. The van der Waals surface area contributed by atoms with Crippen LogP contribution in [-0.4, -0.2) is 10.2 Å². The van der Waals surface area contributed by atoms with Crippen molar-refractivity contribution in [2.75, 3.05) is 0 Å². The van der Waals surface area contributed by atoms with Crippen LogP contribution in [0.4, 0.5) is 0 Å². The molecule has 15 heavy (non-hydrogen) atoms. The highest BCUT2D eigenvalue weighted by atomic mass is 16.4. The van der Waals surface area contributed by atoms with Crippen LogP contribution >= 0.6 is 0 Å². The van der Waals surface area contributed by atoms with Gasteiger partial charge in [0, 0.05) is 0 Å². The Bertz CT molecular complexity index is 419. The first-order valence-corrected chi connectivity index (χ1v) is 4.73. The van der Waals surface area contributed by atoms with Gasteiger partial charge >= 0.3 is 0 Å². The number of furan rings is 1. The summed E-state index contributed by atoms with van der Waals surface area (Å²) >= 11 is 0. The fourth-order valence-corrected chi connectivity index (χ4v) is 1.43. The first-order chi connectivity index (χ1) is 7.31. The maximum absolute atomic E-state index is 9.93. The van der Waals surface area contributed by atoms with Crippen LogP contribution in [-0.2, 0) is 6.61 Å². The monoisotopic (exact) mass is 204 g/mol. The molecule has 0 aliphatic heterocycles. The predicted octanol–water partition coefficient (Wildman–Crippen LogP) is 1.85. The van der Waals surface area contributed by atoms with Crippen molar-refractivity contribution >= 4 is 0 Å². The van der Waals surface area contributed by atoms with E-state index in [-0.39, 0.29) is 6.61 Å². The van der Waals surface area contributed by atoms with Crippen LogP contribution in [0.2, 0.25) is 0 Å². The highest BCUT2D eigenvalue weighted by Gasteiger charge is 2.13. The van der Waals surface area contributed by atoms with E-state index in [0.29, 0.717) is 11.5 Å². The topological polar surface area (TPSA) is 53.6 Å². The van der Waals surface area contributed by atoms with Gasteiger partial charge in [0.2, 0.25) is 0 Å². The Hall–Kier alpha value is -1.58. The molecule has 2 rings (SSSR count). The van der Waals surface area contributed by atoms with Crippen molar-refractivity contribution in [1.82, 2.24) is 0 Å². The summed E-state index contributed by atoms with van der Waals surface area (Å²) in [6.07, 6.45) is -0.772. The Morgan fingerprint density at radius 3 is 2.40 bits per heavy atom. The van der Waals surface area contributed by atoms with Gasteiger partial charge in [-0.15, -0.1) is 0 Å². The summed E-state index contributed by atoms with van der Waals surface area (Å²) in [6, 6.07) is 12.6. The van der Waals surface area contributed by atoms with Gasteiger partial charge in [-0.3, -0.25) is 0 Å². The maximum Gasteiger partial charge on any atom is 0.137 e. The average molecular weight is 204 g/mol. The van der Waals surface area contributed by atoms with Crippen molar-refractivity contribution in [2.45, 2.75) is 12.7 Å². The zero-order valence-electron chi connectivity index (χ0n) is 8.13. The Balaban J connectivity index is 2.24. The van der Waals surface area contributed by atoms with Gasteiger partial charge in [-0.25, -0.2) is 0 Å². The molecule has 0 bridgehead atoms. The Kier molecular flexibility index (Phi) is 2.85. The summed E-state index contributed by atoms with van der Waals surface area (Å²) in [6.45, 7) is -0.151. The first kappa shape index (κ1) is 9.96. The lowest BCUT2D eigenvalue weighted by atomic mass is 10.1. The quantitative estimate of drug-likeness (QED) is 0.802. The van der Waals surface area contributed by atoms with E-state index in [0.717, 1.165) is 5.56 Å². The molecule has 0 fully saturated rings. The molecule has 0 aliphatic carbocycles. The molecule has 2 aromatic rings. The fraction of sp³-hybridized carbons (Fsp3) is 0.167. The number of benzene rings is 1. The van der Waals surface area contributed by atoms with Gasteiger partial charge in [-0.2, -0.15) is 0 Å². The lowest BCUT2D eigenvalue weighted by Crippen LogP contribution is -1.97. The van der Waals surface area contributed by atoms with Gasteiger partial charge in [-0.05, 0) is 17.7 Å². The molecule has 1 aromatic heterocycles. The molecule has 1 atom stereocenters. The van der Waals surface area contributed by atoms with Gasteiger partial charge in [0.25, 0.3) is 0 Å². The zero-order valence-corrected chi connectivity index (χ0v) is 8.13. The smallest absolute Gasteiger partial charge is 0.137 e. The normalized spacial score (nSPS) is 12.7. The Labute approximate surface area is 87.6 Å². The SMILES string of the molecule is OCc1ccc(C(O)c2ccccc2)o1. The zero-order chi connectivity index (χ0) is 10.7. The van der Waals surface area contributed by atoms with E-state index in [1.807, 2.05) is 30.3 Å². The van der Waals surface area contributed by atoms with E-state index in [9.17, 15) is 5.11 Å². The summed E-state index contributed by atoms with van der Waals surface area (Å²) in [7, 11) is 0. The molecule has 2 N–H and O–H groups in total. The number of aliphatic hydroxyl groups excluding tert-OH is 2. The third-order valence-corrected chi connectivity index (χ3v) is 2.22. The lowest BCUT2D eigenvalue weighted by Gasteiger charge is -2.07.